The topological polar surface area (TPSA) is 58.6 Å². The van der Waals surface area contributed by atoms with Crippen molar-refractivity contribution in [1.82, 2.24) is 5.32 Å². The van der Waals surface area contributed by atoms with Crippen molar-refractivity contribution in [2.75, 3.05) is 6.61 Å². The van der Waals surface area contributed by atoms with E-state index in [2.05, 4.69) is 5.32 Å². The minimum atomic E-state index is -0.576. The second kappa shape index (κ2) is 7.01. The van der Waals surface area contributed by atoms with Crippen molar-refractivity contribution in [2.45, 2.75) is 39.3 Å². The van der Waals surface area contributed by atoms with Gasteiger partial charge in [-0.1, -0.05) is 24.6 Å². The van der Waals surface area contributed by atoms with Gasteiger partial charge in [-0.15, -0.1) is 0 Å². The smallest absolute Gasteiger partial charge is 0.261 e. The van der Waals surface area contributed by atoms with E-state index in [0.717, 1.165) is 5.56 Å². The van der Waals surface area contributed by atoms with Gasteiger partial charge in [0.2, 0.25) is 0 Å². The van der Waals surface area contributed by atoms with Crippen molar-refractivity contribution in [3.05, 3.63) is 29.8 Å². The Morgan fingerprint density at radius 3 is 2.50 bits per heavy atom. The Morgan fingerprint density at radius 1 is 1.39 bits per heavy atom. The largest absolute Gasteiger partial charge is 0.481 e. The van der Waals surface area contributed by atoms with Crippen LogP contribution < -0.4 is 10.1 Å². The molecular weight excluding hydrogens is 230 g/mol. The summed E-state index contributed by atoms with van der Waals surface area (Å²) in [6.07, 6.45) is 0.118. The lowest BCUT2D eigenvalue weighted by molar-refractivity contribution is -0.128. The van der Waals surface area contributed by atoms with Crippen molar-refractivity contribution in [2.24, 2.45) is 0 Å². The van der Waals surface area contributed by atoms with Gasteiger partial charge >= 0.3 is 0 Å². The van der Waals surface area contributed by atoms with Crippen molar-refractivity contribution in [3.63, 3.8) is 0 Å². The summed E-state index contributed by atoms with van der Waals surface area (Å²) in [6, 6.07) is 7.33. The highest BCUT2D eigenvalue weighted by molar-refractivity contribution is 5.81. The fourth-order valence-electron chi connectivity index (χ4n) is 1.47. The summed E-state index contributed by atoms with van der Waals surface area (Å²) in [5.41, 5.74) is 1.14. The maximum Gasteiger partial charge on any atom is 0.261 e. The van der Waals surface area contributed by atoms with Crippen LogP contribution in [0, 0.1) is 6.92 Å². The molecule has 0 fully saturated rings. The number of aliphatic hydroxyl groups is 1. The molecule has 0 spiro atoms. The van der Waals surface area contributed by atoms with Crippen molar-refractivity contribution in [1.29, 1.82) is 0 Å². The standard InChI is InChI=1S/C14H21NO3/c1-4-12(9-16)15-14(17)11(3)18-13-7-5-10(2)6-8-13/h5-8,11-12,16H,4,9H2,1-3H3,(H,15,17)/t11?,12-/m0/s1. The Hall–Kier alpha value is -1.55. The third-order valence-corrected chi connectivity index (χ3v) is 2.76. The quantitative estimate of drug-likeness (QED) is 0.808. The van der Waals surface area contributed by atoms with Gasteiger partial charge in [0.15, 0.2) is 6.10 Å². The second-order valence-corrected chi connectivity index (χ2v) is 4.37. The van der Waals surface area contributed by atoms with E-state index in [-0.39, 0.29) is 18.6 Å². The number of aryl methyl sites for hydroxylation is 1. The van der Waals surface area contributed by atoms with Gasteiger partial charge in [-0.3, -0.25) is 4.79 Å². The molecule has 0 heterocycles. The summed E-state index contributed by atoms with van der Waals surface area (Å²) in [4.78, 5) is 11.8. The van der Waals surface area contributed by atoms with E-state index in [1.807, 2.05) is 38.1 Å². The van der Waals surface area contributed by atoms with Crippen LogP contribution in [0.2, 0.25) is 0 Å². The highest BCUT2D eigenvalue weighted by atomic mass is 16.5. The van der Waals surface area contributed by atoms with Gasteiger partial charge in [0.25, 0.3) is 5.91 Å². The van der Waals surface area contributed by atoms with Gasteiger partial charge in [-0.2, -0.15) is 0 Å². The fraction of sp³-hybridized carbons (Fsp3) is 0.500. The van der Waals surface area contributed by atoms with Gasteiger partial charge in [0.05, 0.1) is 12.6 Å². The van der Waals surface area contributed by atoms with Crippen LogP contribution in [0.5, 0.6) is 5.75 Å². The number of hydrogen-bond acceptors (Lipinski definition) is 3. The van der Waals surface area contributed by atoms with E-state index in [0.29, 0.717) is 12.2 Å². The summed E-state index contributed by atoms with van der Waals surface area (Å²) >= 11 is 0. The minimum absolute atomic E-state index is 0.0561. The highest BCUT2D eigenvalue weighted by Gasteiger charge is 2.17. The average Bonchev–Trinajstić information content (AvgIpc) is 2.38. The molecule has 0 aliphatic heterocycles. The molecule has 18 heavy (non-hydrogen) atoms. The molecule has 1 unspecified atom stereocenters. The van der Waals surface area contributed by atoms with Crippen LogP contribution in [-0.4, -0.2) is 29.8 Å². The summed E-state index contributed by atoms with van der Waals surface area (Å²) in [5.74, 6) is 0.455. The third kappa shape index (κ3) is 4.37. The van der Waals surface area contributed by atoms with Crippen molar-refractivity contribution >= 4 is 5.91 Å². The molecule has 2 N–H and O–H groups in total. The molecular formula is C14H21NO3. The first-order valence-electron chi connectivity index (χ1n) is 6.21. The Morgan fingerprint density at radius 2 is 2.00 bits per heavy atom. The van der Waals surface area contributed by atoms with Gasteiger partial charge in [0.1, 0.15) is 5.75 Å². The molecule has 0 radical (unpaired) electrons. The zero-order chi connectivity index (χ0) is 13.5. The molecule has 0 saturated carbocycles. The molecule has 1 amide bonds. The van der Waals surface area contributed by atoms with E-state index >= 15 is 0 Å². The summed E-state index contributed by atoms with van der Waals surface area (Å²) < 4.78 is 5.53. The predicted octanol–water partition coefficient (Wildman–Crippen LogP) is 1.65. The zero-order valence-electron chi connectivity index (χ0n) is 11.1. The lowest BCUT2D eigenvalue weighted by Crippen LogP contribution is -2.43. The number of nitrogens with one attached hydrogen (secondary N) is 1. The van der Waals surface area contributed by atoms with E-state index in [1.165, 1.54) is 0 Å². The monoisotopic (exact) mass is 251 g/mol. The summed E-state index contributed by atoms with van der Waals surface area (Å²) in [7, 11) is 0. The SMILES string of the molecule is CC[C@@H](CO)NC(=O)C(C)Oc1ccc(C)cc1. The number of benzene rings is 1. The van der Waals surface area contributed by atoms with Crippen LogP contribution >= 0.6 is 0 Å². The highest BCUT2D eigenvalue weighted by Crippen LogP contribution is 2.13. The second-order valence-electron chi connectivity index (χ2n) is 4.37. The van der Waals surface area contributed by atoms with Crippen LogP contribution in [0.25, 0.3) is 0 Å². The number of amides is 1. The van der Waals surface area contributed by atoms with Crippen molar-refractivity contribution < 1.29 is 14.6 Å². The number of aliphatic hydroxyl groups excluding tert-OH is 1. The molecule has 0 aliphatic carbocycles. The van der Waals surface area contributed by atoms with E-state index in [1.54, 1.807) is 6.92 Å². The van der Waals surface area contributed by atoms with Gasteiger partial charge in [-0.05, 0) is 32.4 Å². The number of carbonyl (C=O) groups is 1. The number of rotatable bonds is 6. The predicted molar refractivity (Wildman–Crippen MR) is 70.6 cm³/mol. The fourth-order valence-corrected chi connectivity index (χ4v) is 1.47. The lowest BCUT2D eigenvalue weighted by Gasteiger charge is -2.19. The first-order valence-corrected chi connectivity index (χ1v) is 6.21. The molecule has 4 heteroatoms. The molecule has 1 rings (SSSR count). The maximum atomic E-state index is 11.8. The van der Waals surface area contributed by atoms with Gasteiger partial charge in [-0.25, -0.2) is 0 Å². The molecule has 1 aromatic rings. The zero-order valence-corrected chi connectivity index (χ0v) is 11.1. The van der Waals surface area contributed by atoms with Gasteiger partial charge in [0, 0.05) is 0 Å². The Balaban J connectivity index is 2.51. The van der Waals surface area contributed by atoms with Crippen LogP contribution in [0.4, 0.5) is 0 Å². The molecule has 0 aliphatic rings. The number of hydrogen-bond donors (Lipinski definition) is 2. The Bertz CT molecular complexity index is 371. The number of ether oxygens (including phenoxy) is 1. The van der Waals surface area contributed by atoms with Crippen LogP contribution in [0.3, 0.4) is 0 Å². The maximum absolute atomic E-state index is 11.8. The molecule has 0 aromatic heterocycles. The molecule has 0 bridgehead atoms. The lowest BCUT2D eigenvalue weighted by atomic mass is 10.2. The first-order chi connectivity index (χ1) is 8.56. The molecule has 0 saturated heterocycles. The third-order valence-electron chi connectivity index (χ3n) is 2.76. The first kappa shape index (κ1) is 14.5. The molecule has 4 nitrogen and oxygen atoms in total. The molecule has 100 valence electrons. The summed E-state index contributed by atoms with van der Waals surface area (Å²) in [6.45, 7) is 5.54. The average molecular weight is 251 g/mol. The molecule has 2 atom stereocenters. The normalized spacial score (nSPS) is 13.8. The molecule has 1 aromatic carbocycles. The summed E-state index contributed by atoms with van der Waals surface area (Å²) in [5, 5.41) is 11.8. The Kier molecular flexibility index (Phi) is 5.65. The van der Waals surface area contributed by atoms with E-state index in [4.69, 9.17) is 9.84 Å². The van der Waals surface area contributed by atoms with Crippen LogP contribution in [0.15, 0.2) is 24.3 Å². The van der Waals surface area contributed by atoms with Gasteiger partial charge < -0.3 is 15.2 Å². The van der Waals surface area contributed by atoms with E-state index in [9.17, 15) is 4.79 Å². The van der Waals surface area contributed by atoms with Crippen LogP contribution in [0.1, 0.15) is 25.8 Å². The number of carbonyl (C=O) groups excluding carboxylic acids is 1. The van der Waals surface area contributed by atoms with Crippen LogP contribution in [-0.2, 0) is 4.79 Å². The van der Waals surface area contributed by atoms with Crippen molar-refractivity contribution in [3.8, 4) is 5.75 Å². The van der Waals surface area contributed by atoms with E-state index < -0.39 is 6.10 Å². The Labute approximate surface area is 108 Å². The minimum Gasteiger partial charge on any atom is -0.481 e.